The van der Waals surface area contributed by atoms with Crippen molar-refractivity contribution in [1.82, 2.24) is 4.90 Å². The maximum absolute atomic E-state index is 12.6. The van der Waals surface area contributed by atoms with Crippen LogP contribution in [0.25, 0.3) is 0 Å². The molecule has 2 rings (SSSR count). The zero-order chi connectivity index (χ0) is 17.1. The van der Waals surface area contributed by atoms with Crippen molar-refractivity contribution < 1.29 is 14.3 Å². The van der Waals surface area contributed by atoms with Gasteiger partial charge >= 0.3 is 0 Å². The molecule has 0 aliphatic carbocycles. The second-order valence-corrected chi connectivity index (χ2v) is 6.51. The van der Waals surface area contributed by atoms with E-state index in [0.29, 0.717) is 13.2 Å². The van der Waals surface area contributed by atoms with Crippen molar-refractivity contribution in [2.45, 2.75) is 40.2 Å². The van der Waals surface area contributed by atoms with Crippen molar-refractivity contribution in [3.05, 3.63) is 28.8 Å². The lowest BCUT2D eigenvalue weighted by atomic mass is 10.0. The van der Waals surface area contributed by atoms with Crippen molar-refractivity contribution in [3.8, 4) is 0 Å². The van der Waals surface area contributed by atoms with Crippen LogP contribution in [0.4, 0.5) is 5.69 Å². The van der Waals surface area contributed by atoms with Crippen LogP contribution in [-0.4, -0.2) is 43.0 Å². The van der Waals surface area contributed by atoms with Crippen LogP contribution in [0.5, 0.6) is 0 Å². The Labute approximate surface area is 138 Å². The number of carbonyl (C=O) groups excluding carboxylic acids is 2. The highest BCUT2D eigenvalue weighted by Crippen LogP contribution is 2.26. The van der Waals surface area contributed by atoms with Gasteiger partial charge in [0, 0.05) is 25.8 Å². The molecule has 0 bridgehead atoms. The van der Waals surface area contributed by atoms with E-state index < -0.39 is 0 Å². The van der Waals surface area contributed by atoms with E-state index in [1.807, 2.05) is 27.7 Å². The highest BCUT2D eigenvalue weighted by Gasteiger charge is 2.36. The van der Waals surface area contributed by atoms with E-state index in [4.69, 9.17) is 4.74 Å². The molecular formula is C18H26N2O3. The van der Waals surface area contributed by atoms with E-state index in [-0.39, 0.29) is 30.2 Å². The van der Waals surface area contributed by atoms with E-state index >= 15 is 0 Å². The first kappa shape index (κ1) is 17.5. The Morgan fingerprint density at radius 2 is 1.96 bits per heavy atom. The van der Waals surface area contributed by atoms with Gasteiger partial charge in [0.2, 0.25) is 11.8 Å². The van der Waals surface area contributed by atoms with Crippen molar-refractivity contribution in [3.63, 3.8) is 0 Å². The molecule has 23 heavy (non-hydrogen) atoms. The quantitative estimate of drug-likeness (QED) is 0.907. The molecule has 0 spiro atoms. The average molecular weight is 318 g/mol. The molecular weight excluding hydrogens is 292 g/mol. The van der Waals surface area contributed by atoms with Gasteiger partial charge < -0.3 is 15.0 Å². The summed E-state index contributed by atoms with van der Waals surface area (Å²) in [5.74, 6) is -0.366. The van der Waals surface area contributed by atoms with Crippen molar-refractivity contribution in [2.24, 2.45) is 5.92 Å². The maximum atomic E-state index is 12.6. The molecule has 1 saturated heterocycles. The molecule has 1 heterocycles. The van der Waals surface area contributed by atoms with Crippen molar-refractivity contribution >= 4 is 17.5 Å². The number of anilines is 1. The third-order valence-electron chi connectivity index (χ3n) is 4.39. The Morgan fingerprint density at radius 3 is 2.52 bits per heavy atom. The number of carbonyl (C=O) groups is 2. The first-order valence-electron chi connectivity index (χ1n) is 8.00. The van der Waals surface area contributed by atoms with Crippen LogP contribution in [0.1, 0.15) is 30.0 Å². The molecule has 1 aliphatic rings. The average Bonchev–Trinajstić information content (AvgIpc) is 2.85. The maximum Gasteiger partial charge on any atom is 0.229 e. The molecule has 0 aromatic heterocycles. The minimum Gasteiger partial charge on any atom is -0.383 e. The highest BCUT2D eigenvalue weighted by molar-refractivity contribution is 5.98. The molecule has 1 aromatic carbocycles. The summed E-state index contributed by atoms with van der Waals surface area (Å²) in [6.45, 7) is 8.90. The summed E-state index contributed by atoms with van der Waals surface area (Å²) in [5, 5.41) is 3.01. The Morgan fingerprint density at radius 1 is 1.35 bits per heavy atom. The Bertz CT molecular complexity index is 589. The van der Waals surface area contributed by atoms with Crippen LogP contribution in [0.15, 0.2) is 12.1 Å². The molecule has 5 heteroatoms. The molecule has 2 atom stereocenters. The van der Waals surface area contributed by atoms with E-state index in [0.717, 1.165) is 16.8 Å². The summed E-state index contributed by atoms with van der Waals surface area (Å²) in [7, 11) is 1.62. The number of aryl methyl sites for hydroxylation is 3. The number of nitrogens with one attached hydrogen (secondary N) is 1. The minimum absolute atomic E-state index is 0.00635. The second-order valence-electron chi connectivity index (χ2n) is 6.51. The van der Waals surface area contributed by atoms with Crippen LogP contribution in [0.2, 0.25) is 0 Å². The monoisotopic (exact) mass is 318 g/mol. The standard InChI is InChI=1S/C18H26N2O3/c1-11-6-12(2)17(13(3)7-11)19-18(22)15-8-16(21)20(9-15)14(4)10-23-5/h6-7,14-15H,8-10H2,1-5H3,(H,19,22)/t14-,15-/m1/s1. The summed E-state index contributed by atoms with van der Waals surface area (Å²) < 4.78 is 5.10. The van der Waals surface area contributed by atoms with E-state index in [1.54, 1.807) is 12.0 Å². The van der Waals surface area contributed by atoms with Gasteiger partial charge in [-0.1, -0.05) is 17.7 Å². The molecule has 1 aromatic rings. The predicted molar refractivity (Wildman–Crippen MR) is 90.4 cm³/mol. The molecule has 0 saturated carbocycles. The fraction of sp³-hybridized carbons (Fsp3) is 0.556. The highest BCUT2D eigenvalue weighted by atomic mass is 16.5. The molecule has 126 valence electrons. The number of methoxy groups -OCH3 is 1. The van der Waals surface area contributed by atoms with Crippen LogP contribution in [0, 0.1) is 26.7 Å². The summed E-state index contributed by atoms with van der Waals surface area (Å²) in [5.41, 5.74) is 4.12. The van der Waals surface area contributed by atoms with Gasteiger partial charge in [0.25, 0.3) is 0 Å². The van der Waals surface area contributed by atoms with Gasteiger partial charge in [-0.3, -0.25) is 9.59 Å². The number of ether oxygens (including phenoxy) is 1. The van der Waals surface area contributed by atoms with Gasteiger partial charge in [-0.05, 0) is 38.8 Å². The van der Waals surface area contributed by atoms with Gasteiger partial charge in [-0.15, -0.1) is 0 Å². The molecule has 5 nitrogen and oxygen atoms in total. The minimum atomic E-state index is -0.304. The molecule has 1 N–H and O–H groups in total. The van der Waals surface area contributed by atoms with E-state index in [9.17, 15) is 9.59 Å². The Balaban J connectivity index is 2.07. The van der Waals surface area contributed by atoms with Gasteiger partial charge in [0.1, 0.15) is 0 Å². The molecule has 1 fully saturated rings. The third-order valence-corrected chi connectivity index (χ3v) is 4.39. The lowest BCUT2D eigenvalue weighted by molar-refractivity contribution is -0.130. The number of hydrogen-bond acceptors (Lipinski definition) is 3. The lowest BCUT2D eigenvalue weighted by Crippen LogP contribution is -2.38. The van der Waals surface area contributed by atoms with Crippen LogP contribution >= 0.6 is 0 Å². The normalized spacial score (nSPS) is 19.1. The zero-order valence-corrected chi connectivity index (χ0v) is 14.6. The van der Waals surface area contributed by atoms with Crippen molar-refractivity contribution in [2.75, 3.05) is 25.6 Å². The van der Waals surface area contributed by atoms with Gasteiger partial charge in [-0.2, -0.15) is 0 Å². The Hall–Kier alpha value is -1.88. The topological polar surface area (TPSA) is 58.6 Å². The fourth-order valence-corrected chi connectivity index (χ4v) is 3.27. The number of amides is 2. The number of likely N-dealkylation sites (tertiary alicyclic amines) is 1. The molecule has 1 aliphatic heterocycles. The summed E-state index contributed by atoms with van der Waals surface area (Å²) >= 11 is 0. The zero-order valence-electron chi connectivity index (χ0n) is 14.6. The van der Waals surface area contributed by atoms with E-state index in [2.05, 4.69) is 17.4 Å². The van der Waals surface area contributed by atoms with Gasteiger partial charge in [0.15, 0.2) is 0 Å². The fourth-order valence-electron chi connectivity index (χ4n) is 3.27. The molecule has 0 unspecified atom stereocenters. The second kappa shape index (κ2) is 7.13. The predicted octanol–water partition coefficient (Wildman–Crippen LogP) is 2.43. The smallest absolute Gasteiger partial charge is 0.229 e. The third kappa shape index (κ3) is 3.91. The Kier molecular flexibility index (Phi) is 5.42. The van der Waals surface area contributed by atoms with E-state index in [1.165, 1.54) is 5.56 Å². The molecule has 2 amide bonds. The summed E-state index contributed by atoms with van der Waals surface area (Å²) in [6, 6.07) is 4.10. The first-order valence-corrected chi connectivity index (χ1v) is 8.00. The van der Waals surface area contributed by atoms with Crippen LogP contribution in [0.3, 0.4) is 0 Å². The van der Waals surface area contributed by atoms with Gasteiger partial charge in [-0.25, -0.2) is 0 Å². The van der Waals surface area contributed by atoms with Crippen molar-refractivity contribution in [1.29, 1.82) is 0 Å². The number of hydrogen-bond donors (Lipinski definition) is 1. The first-order chi connectivity index (χ1) is 10.8. The largest absolute Gasteiger partial charge is 0.383 e. The summed E-state index contributed by atoms with van der Waals surface area (Å²) in [6.07, 6.45) is 0.268. The number of rotatable bonds is 5. The van der Waals surface area contributed by atoms with Crippen LogP contribution < -0.4 is 5.32 Å². The molecule has 0 radical (unpaired) electrons. The SMILES string of the molecule is COC[C@@H](C)N1C[C@H](C(=O)Nc2c(C)cc(C)cc2C)CC1=O. The number of nitrogens with zero attached hydrogens (tertiary/aromatic N) is 1. The lowest BCUT2D eigenvalue weighted by Gasteiger charge is -2.24. The van der Waals surface area contributed by atoms with Gasteiger partial charge in [0.05, 0.1) is 18.6 Å². The number of benzene rings is 1. The summed E-state index contributed by atoms with van der Waals surface area (Å²) in [4.78, 5) is 26.4. The van der Waals surface area contributed by atoms with Crippen LogP contribution in [-0.2, 0) is 14.3 Å².